The van der Waals surface area contributed by atoms with Crippen molar-refractivity contribution in [1.82, 2.24) is 14.7 Å². The Morgan fingerprint density at radius 1 is 0.792 bits per heavy atom. The van der Waals surface area contributed by atoms with E-state index in [2.05, 4.69) is 26.3 Å². The molecule has 1 saturated heterocycles. The van der Waals surface area contributed by atoms with Crippen molar-refractivity contribution >= 4 is 27.6 Å². The maximum atomic E-state index is 11.5. The molecule has 1 aliphatic rings. The van der Waals surface area contributed by atoms with Gasteiger partial charge in [-0.25, -0.2) is 8.42 Å². The minimum atomic E-state index is -3.13. The standard InChI is InChI=1S/C11H15N3O3.C4H6O2S/c1-4-10(16)13-6-12(9(3)15)7-14(8-13)11(17)5-2;1-3-7(5,6)4-2/h4-5H,1-2,6-8H2,3H3;3-4H,1-2H2. The molecule has 0 aromatic heterocycles. The highest BCUT2D eigenvalue weighted by molar-refractivity contribution is 7.97. The van der Waals surface area contributed by atoms with Gasteiger partial charge >= 0.3 is 0 Å². The Balaban J connectivity index is 0.000000640. The average Bonchev–Trinajstić information content (AvgIpc) is 2.60. The number of amides is 3. The van der Waals surface area contributed by atoms with Crippen LogP contribution in [0.15, 0.2) is 49.3 Å². The van der Waals surface area contributed by atoms with E-state index >= 15 is 0 Å². The second-order valence-corrected chi connectivity index (χ2v) is 6.41. The number of nitrogens with zero attached hydrogens (tertiary/aromatic N) is 3. The van der Waals surface area contributed by atoms with E-state index in [-0.39, 0.29) is 37.7 Å². The van der Waals surface area contributed by atoms with Gasteiger partial charge < -0.3 is 14.7 Å². The predicted octanol–water partition coefficient (Wildman–Crippen LogP) is 0.438. The first-order valence-electron chi connectivity index (χ1n) is 6.70. The zero-order chi connectivity index (χ0) is 18.9. The van der Waals surface area contributed by atoms with Crippen LogP contribution in [0.3, 0.4) is 0 Å². The topological polar surface area (TPSA) is 95.1 Å². The Hall–Kier alpha value is -2.68. The van der Waals surface area contributed by atoms with Gasteiger partial charge in [-0.05, 0) is 12.2 Å². The van der Waals surface area contributed by atoms with Crippen LogP contribution >= 0.6 is 0 Å². The van der Waals surface area contributed by atoms with E-state index < -0.39 is 9.84 Å². The largest absolute Gasteiger partial charge is 0.307 e. The van der Waals surface area contributed by atoms with E-state index in [0.29, 0.717) is 0 Å². The first kappa shape index (κ1) is 21.3. The normalized spacial score (nSPS) is 14.0. The molecule has 0 bridgehead atoms. The molecule has 1 rings (SSSR count). The van der Waals surface area contributed by atoms with Crippen LogP contribution < -0.4 is 0 Å². The molecule has 0 saturated carbocycles. The van der Waals surface area contributed by atoms with E-state index in [1.165, 1.54) is 21.6 Å². The van der Waals surface area contributed by atoms with Crippen LogP contribution in [0.4, 0.5) is 0 Å². The third-order valence-electron chi connectivity index (χ3n) is 2.91. The minimum absolute atomic E-state index is 0.138. The lowest BCUT2D eigenvalue weighted by Gasteiger charge is -2.41. The molecule has 0 spiro atoms. The fourth-order valence-corrected chi connectivity index (χ4v) is 1.69. The van der Waals surface area contributed by atoms with Gasteiger partial charge in [0, 0.05) is 17.7 Å². The first-order valence-corrected chi connectivity index (χ1v) is 8.31. The fourth-order valence-electron chi connectivity index (χ4n) is 1.56. The molecule has 8 nitrogen and oxygen atoms in total. The quantitative estimate of drug-likeness (QED) is 0.682. The predicted molar refractivity (Wildman–Crippen MR) is 90.5 cm³/mol. The van der Waals surface area contributed by atoms with Crippen LogP contribution in [-0.4, -0.2) is 60.8 Å². The average molecular weight is 355 g/mol. The van der Waals surface area contributed by atoms with E-state index in [1.807, 2.05) is 0 Å². The fraction of sp³-hybridized carbons (Fsp3) is 0.267. The summed E-state index contributed by atoms with van der Waals surface area (Å²) in [5, 5.41) is 1.69. The summed E-state index contributed by atoms with van der Waals surface area (Å²) < 4.78 is 20.3. The Bertz CT molecular complexity index is 612. The maximum absolute atomic E-state index is 11.5. The third kappa shape index (κ3) is 6.61. The van der Waals surface area contributed by atoms with Crippen LogP contribution in [0.25, 0.3) is 0 Å². The van der Waals surface area contributed by atoms with Crippen molar-refractivity contribution in [3.05, 3.63) is 49.3 Å². The second kappa shape index (κ2) is 9.46. The zero-order valence-corrected chi connectivity index (χ0v) is 14.4. The van der Waals surface area contributed by atoms with Gasteiger partial charge in [0.15, 0.2) is 9.84 Å². The molecule has 0 unspecified atom stereocenters. The molecule has 3 amide bonds. The lowest BCUT2D eigenvalue weighted by atomic mass is 10.4. The molecular weight excluding hydrogens is 334 g/mol. The summed E-state index contributed by atoms with van der Waals surface area (Å²) in [4.78, 5) is 38.4. The number of sulfone groups is 1. The van der Waals surface area contributed by atoms with Gasteiger partial charge in [-0.1, -0.05) is 26.3 Å². The molecule has 24 heavy (non-hydrogen) atoms. The molecule has 0 N–H and O–H groups in total. The van der Waals surface area contributed by atoms with E-state index in [9.17, 15) is 22.8 Å². The highest BCUT2D eigenvalue weighted by Gasteiger charge is 2.28. The van der Waals surface area contributed by atoms with E-state index in [0.717, 1.165) is 23.0 Å². The maximum Gasteiger partial charge on any atom is 0.248 e. The smallest absolute Gasteiger partial charge is 0.248 e. The summed E-state index contributed by atoms with van der Waals surface area (Å²) >= 11 is 0. The van der Waals surface area contributed by atoms with Crippen molar-refractivity contribution in [2.45, 2.75) is 6.92 Å². The van der Waals surface area contributed by atoms with Gasteiger partial charge in [0.1, 0.15) is 0 Å². The van der Waals surface area contributed by atoms with Crippen molar-refractivity contribution in [2.24, 2.45) is 0 Å². The lowest BCUT2D eigenvalue weighted by molar-refractivity contribution is -0.153. The molecule has 1 fully saturated rings. The third-order valence-corrected chi connectivity index (χ3v) is 3.84. The van der Waals surface area contributed by atoms with Crippen molar-refractivity contribution in [2.75, 3.05) is 20.0 Å². The highest BCUT2D eigenvalue weighted by atomic mass is 32.2. The highest BCUT2D eigenvalue weighted by Crippen LogP contribution is 2.09. The van der Waals surface area contributed by atoms with Gasteiger partial charge in [0.2, 0.25) is 17.7 Å². The molecule has 0 aromatic carbocycles. The Labute approximate surface area is 141 Å². The van der Waals surface area contributed by atoms with Crippen LogP contribution in [-0.2, 0) is 24.2 Å². The van der Waals surface area contributed by atoms with Crippen LogP contribution in [0.5, 0.6) is 0 Å². The molecular formula is C15H21N3O5S. The number of rotatable bonds is 4. The number of carbonyl (C=O) groups excluding carboxylic acids is 3. The number of carbonyl (C=O) groups is 3. The van der Waals surface area contributed by atoms with Crippen LogP contribution in [0.2, 0.25) is 0 Å². The zero-order valence-electron chi connectivity index (χ0n) is 13.6. The van der Waals surface area contributed by atoms with Crippen molar-refractivity contribution in [3.8, 4) is 0 Å². The van der Waals surface area contributed by atoms with Crippen molar-refractivity contribution < 1.29 is 22.8 Å². The van der Waals surface area contributed by atoms with Gasteiger partial charge in [0.05, 0.1) is 20.0 Å². The van der Waals surface area contributed by atoms with Gasteiger partial charge in [-0.15, -0.1) is 0 Å². The van der Waals surface area contributed by atoms with Crippen LogP contribution in [0, 0.1) is 0 Å². The Kier molecular flexibility index (Phi) is 8.40. The summed E-state index contributed by atoms with van der Waals surface area (Å²) in [6.45, 7) is 14.7. The molecule has 1 heterocycles. The van der Waals surface area contributed by atoms with Gasteiger partial charge in [-0.2, -0.15) is 0 Å². The second-order valence-electron chi connectivity index (χ2n) is 4.57. The Morgan fingerprint density at radius 3 is 1.33 bits per heavy atom. The molecule has 0 radical (unpaired) electrons. The van der Waals surface area contributed by atoms with Crippen molar-refractivity contribution in [3.63, 3.8) is 0 Å². The van der Waals surface area contributed by atoms with E-state index in [1.54, 1.807) is 0 Å². The van der Waals surface area contributed by atoms with E-state index in [4.69, 9.17) is 0 Å². The first-order chi connectivity index (χ1) is 11.1. The summed E-state index contributed by atoms with van der Waals surface area (Å²) in [5.41, 5.74) is 0. The minimum Gasteiger partial charge on any atom is -0.307 e. The summed E-state index contributed by atoms with van der Waals surface area (Å²) in [7, 11) is -3.13. The number of hydrogen-bond acceptors (Lipinski definition) is 5. The molecule has 132 valence electrons. The monoisotopic (exact) mass is 355 g/mol. The SMILES string of the molecule is C=CC(=O)N1CN(C(C)=O)CN(C(=O)C=C)C1.C=CS(=O)(=O)C=C. The molecule has 0 aliphatic carbocycles. The molecule has 9 heteroatoms. The number of hydrogen-bond donors (Lipinski definition) is 0. The van der Waals surface area contributed by atoms with Crippen LogP contribution in [0.1, 0.15) is 6.92 Å². The van der Waals surface area contributed by atoms with Gasteiger partial charge in [0.25, 0.3) is 0 Å². The molecule has 1 aliphatic heterocycles. The Morgan fingerprint density at radius 2 is 1.12 bits per heavy atom. The summed E-state index contributed by atoms with van der Waals surface area (Å²) in [6, 6.07) is 0. The molecule has 0 atom stereocenters. The molecule has 0 aromatic rings. The summed E-state index contributed by atoms with van der Waals surface area (Å²) in [6.07, 6.45) is 2.31. The van der Waals surface area contributed by atoms with Crippen molar-refractivity contribution in [1.29, 1.82) is 0 Å². The lowest BCUT2D eigenvalue weighted by Crippen LogP contribution is -2.58. The van der Waals surface area contributed by atoms with Gasteiger partial charge in [-0.3, -0.25) is 14.4 Å². The summed E-state index contributed by atoms with van der Waals surface area (Å²) in [5.74, 6) is -0.843.